The highest BCUT2D eigenvalue weighted by molar-refractivity contribution is 7.99. The van der Waals surface area contributed by atoms with Gasteiger partial charge in [0.25, 0.3) is 0 Å². The van der Waals surface area contributed by atoms with E-state index < -0.39 is 0 Å². The van der Waals surface area contributed by atoms with Crippen molar-refractivity contribution in [2.45, 2.75) is 44.6 Å². The first-order valence-electron chi connectivity index (χ1n) is 8.20. The molecule has 4 heteroatoms. The first-order valence-corrected chi connectivity index (χ1v) is 9.35. The highest BCUT2D eigenvalue weighted by atomic mass is 32.2. The fourth-order valence-electron chi connectivity index (χ4n) is 5.88. The molecule has 5 fully saturated rings. The summed E-state index contributed by atoms with van der Waals surface area (Å²) in [6.45, 7) is 1.01. The van der Waals surface area contributed by atoms with E-state index in [1.54, 1.807) is 0 Å². The lowest BCUT2D eigenvalue weighted by atomic mass is 9.49. The summed E-state index contributed by atoms with van der Waals surface area (Å²) in [7, 11) is 2.03. The third kappa shape index (κ3) is 2.29. The minimum atomic E-state index is 0.0684. The van der Waals surface area contributed by atoms with Crippen molar-refractivity contribution in [3.05, 3.63) is 0 Å². The molecular weight excluding hydrogens is 268 g/mol. The quantitative estimate of drug-likeness (QED) is 0.867. The topological polar surface area (TPSA) is 32.3 Å². The molecule has 5 aliphatic rings. The van der Waals surface area contributed by atoms with E-state index in [0.717, 1.165) is 35.9 Å². The van der Waals surface area contributed by atoms with Crippen LogP contribution in [0.25, 0.3) is 0 Å². The van der Waals surface area contributed by atoms with E-state index >= 15 is 0 Å². The number of carbonyl (C=O) groups is 1. The van der Waals surface area contributed by atoms with Crippen LogP contribution in [0.4, 0.5) is 0 Å². The summed E-state index contributed by atoms with van der Waals surface area (Å²) in [5.41, 5.74) is 0.477. The van der Waals surface area contributed by atoms with Gasteiger partial charge >= 0.3 is 0 Å². The van der Waals surface area contributed by atoms with Crippen LogP contribution < -0.4 is 5.32 Å². The summed E-state index contributed by atoms with van der Waals surface area (Å²) >= 11 is 1.84. The Balaban J connectivity index is 1.44. The first-order chi connectivity index (χ1) is 9.63. The van der Waals surface area contributed by atoms with Crippen LogP contribution in [0.2, 0.25) is 0 Å². The van der Waals surface area contributed by atoms with Crippen LogP contribution in [0.15, 0.2) is 0 Å². The van der Waals surface area contributed by atoms with Crippen molar-refractivity contribution in [3.8, 4) is 0 Å². The number of nitrogens with zero attached hydrogens (tertiary/aromatic N) is 1. The SMILES string of the molecule is CN(CC12CC3CC(CC(C3)C1)C2)C(=O)C1CSCN1. The molecule has 0 aromatic rings. The molecule has 4 saturated carbocycles. The van der Waals surface area contributed by atoms with Crippen molar-refractivity contribution in [1.29, 1.82) is 0 Å². The molecule has 0 radical (unpaired) electrons. The second-order valence-electron chi connectivity index (χ2n) is 7.88. The number of thioether (sulfide) groups is 1. The molecule has 20 heavy (non-hydrogen) atoms. The average Bonchev–Trinajstić information content (AvgIpc) is 2.89. The maximum atomic E-state index is 12.5. The van der Waals surface area contributed by atoms with Gasteiger partial charge in [0.05, 0.1) is 6.04 Å². The van der Waals surface area contributed by atoms with Crippen molar-refractivity contribution in [2.75, 3.05) is 25.2 Å². The molecule has 0 spiro atoms. The molecule has 112 valence electrons. The zero-order valence-corrected chi connectivity index (χ0v) is 13.3. The Morgan fingerprint density at radius 2 is 1.80 bits per heavy atom. The molecule has 3 nitrogen and oxygen atoms in total. The summed E-state index contributed by atoms with van der Waals surface area (Å²) in [6.07, 6.45) is 8.63. The normalized spacial score (nSPS) is 45.9. The highest BCUT2D eigenvalue weighted by Gasteiger charge is 2.51. The third-order valence-electron chi connectivity index (χ3n) is 6.13. The van der Waals surface area contributed by atoms with E-state index in [2.05, 4.69) is 10.2 Å². The van der Waals surface area contributed by atoms with E-state index in [1.807, 2.05) is 18.8 Å². The molecule has 0 aromatic heterocycles. The lowest BCUT2D eigenvalue weighted by molar-refractivity contribution is -0.136. The molecule has 1 heterocycles. The Morgan fingerprint density at radius 3 is 2.30 bits per heavy atom. The zero-order valence-electron chi connectivity index (χ0n) is 12.4. The molecule has 1 atom stereocenters. The lowest BCUT2D eigenvalue weighted by Gasteiger charge is -2.57. The standard InChI is InChI=1S/C16H26N2OS/c1-18(15(19)14-8-20-10-17-14)9-16-5-11-2-12(6-16)4-13(3-11)7-16/h11-14,17H,2-10H2,1H3. The fraction of sp³-hybridized carbons (Fsp3) is 0.938. The minimum Gasteiger partial charge on any atom is -0.344 e. The Bertz CT molecular complexity index is 370. The maximum Gasteiger partial charge on any atom is 0.240 e. The van der Waals surface area contributed by atoms with Gasteiger partial charge in [-0.2, -0.15) is 0 Å². The number of likely N-dealkylation sites (N-methyl/N-ethyl adjacent to an activating group) is 1. The highest BCUT2D eigenvalue weighted by Crippen LogP contribution is 2.60. The maximum absolute atomic E-state index is 12.5. The molecule has 1 N–H and O–H groups in total. The van der Waals surface area contributed by atoms with Crippen molar-refractivity contribution in [3.63, 3.8) is 0 Å². The number of rotatable bonds is 3. The van der Waals surface area contributed by atoms with E-state index in [-0.39, 0.29) is 6.04 Å². The summed E-state index contributed by atoms with van der Waals surface area (Å²) in [5, 5.41) is 3.32. The van der Waals surface area contributed by atoms with Gasteiger partial charge in [0.1, 0.15) is 0 Å². The van der Waals surface area contributed by atoms with Crippen molar-refractivity contribution < 1.29 is 4.79 Å². The second-order valence-corrected chi connectivity index (χ2v) is 8.91. The van der Waals surface area contributed by atoms with Crippen LogP contribution in [0.5, 0.6) is 0 Å². The van der Waals surface area contributed by atoms with Gasteiger partial charge < -0.3 is 4.90 Å². The Kier molecular flexibility index (Phi) is 3.30. The van der Waals surface area contributed by atoms with Gasteiger partial charge in [0, 0.05) is 25.2 Å². The zero-order chi connectivity index (χ0) is 13.7. The molecule has 5 rings (SSSR count). The van der Waals surface area contributed by atoms with Crippen LogP contribution in [0.1, 0.15) is 38.5 Å². The molecule has 4 bridgehead atoms. The fourth-order valence-corrected chi connectivity index (χ4v) is 6.82. The van der Waals surface area contributed by atoms with Gasteiger partial charge in [0.15, 0.2) is 0 Å². The summed E-state index contributed by atoms with van der Waals surface area (Å²) in [4.78, 5) is 14.6. The van der Waals surface area contributed by atoms with Gasteiger partial charge in [-0.25, -0.2) is 0 Å². The van der Waals surface area contributed by atoms with Crippen molar-refractivity contribution >= 4 is 17.7 Å². The molecular formula is C16H26N2OS. The monoisotopic (exact) mass is 294 g/mol. The largest absolute Gasteiger partial charge is 0.344 e. The van der Waals surface area contributed by atoms with Crippen LogP contribution in [-0.2, 0) is 4.79 Å². The molecule has 0 aromatic carbocycles. The first kappa shape index (κ1) is 13.4. The van der Waals surface area contributed by atoms with Crippen molar-refractivity contribution in [1.82, 2.24) is 10.2 Å². The summed E-state index contributed by atoms with van der Waals surface area (Å²) < 4.78 is 0. The van der Waals surface area contributed by atoms with Crippen LogP contribution in [0, 0.1) is 23.2 Å². The Hall–Kier alpha value is -0.220. The van der Waals surface area contributed by atoms with E-state index in [4.69, 9.17) is 0 Å². The lowest BCUT2D eigenvalue weighted by Crippen LogP contribution is -2.53. The van der Waals surface area contributed by atoms with Gasteiger partial charge in [-0.3, -0.25) is 10.1 Å². The van der Waals surface area contributed by atoms with Crippen LogP contribution >= 0.6 is 11.8 Å². The van der Waals surface area contributed by atoms with Crippen LogP contribution in [0.3, 0.4) is 0 Å². The van der Waals surface area contributed by atoms with Gasteiger partial charge in [-0.05, 0) is 61.7 Å². The third-order valence-corrected chi connectivity index (χ3v) is 7.07. The average molecular weight is 294 g/mol. The van der Waals surface area contributed by atoms with Gasteiger partial charge in [-0.15, -0.1) is 11.8 Å². The molecule has 1 saturated heterocycles. The second kappa shape index (κ2) is 4.91. The minimum absolute atomic E-state index is 0.0684. The van der Waals surface area contributed by atoms with Crippen molar-refractivity contribution in [2.24, 2.45) is 23.2 Å². The Labute approximate surface area is 126 Å². The summed E-state index contributed by atoms with van der Waals surface area (Å²) in [6, 6.07) is 0.0684. The number of amides is 1. The number of carbonyl (C=O) groups excluding carboxylic acids is 1. The van der Waals surface area contributed by atoms with E-state index in [0.29, 0.717) is 11.3 Å². The molecule has 4 aliphatic carbocycles. The smallest absolute Gasteiger partial charge is 0.240 e. The number of nitrogens with one attached hydrogen (secondary N) is 1. The molecule has 1 aliphatic heterocycles. The number of hydrogen-bond donors (Lipinski definition) is 1. The number of hydrogen-bond acceptors (Lipinski definition) is 3. The predicted molar refractivity (Wildman–Crippen MR) is 82.5 cm³/mol. The van der Waals surface area contributed by atoms with Gasteiger partial charge in [0.2, 0.25) is 5.91 Å². The molecule has 1 amide bonds. The molecule has 1 unspecified atom stereocenters. The van der Waals surface area contributed by atoms with E-state index in [9.17, 15) is 4.79 Å². The van der Waals surface area contributed by atoms with Crippen LogP contribution in [-0.4, -0.2) is 42.1 Å². The van der Waals surface area contributed by atoms with Gasteiger partial charge in [-0.1, -0.05) is 0 Å². The Morgan fingerprint density at radius 1 is 1.20 bits per heavy atom. The van der Waals surface area contributed by atoms with E-state index in [1.165, 1.54) is 38.5 Å². The summed E-state index contributed by atoms with van der Waals surface area (Å²) in [5.74, 6) is 5.14. The predicted octanol–water partition coefficient (Wildman–Crippen LogP) is 2.32.